The second-order valence-electron chi connectivity index (χ2n) is 3.22. The average Bonchev–Trinajstić information content (AvgIpc) is 1.82. The second-order valence-corrected chi connectivity index (χ2v) is 3.22. The Bertz CT molecular complexity index is 151. The van der Waals surface area contributed by atoms with Crippen LogP contribution < -0.4 is 0 Å². The lowest BCUT2D eigenvalue weighted by atomic mass is 10.1. The summed E-state index contributed by atoms with van der Waals surface area (Å²) in [5.41, 5.74) is 0. The van der Waals surface area contributed by atoms with Crippen molar-refractivity contribution < 1.29 is 0 Å². The van der Waals surface area contributed by atoms with Crippen LogP contribution in [0.1, 0.15) is 27.2 Å². The van der Waals surface area contributed by atoms with Crippen LogP contribution in [0, 0.1) is 0 Å². The molecule has 2 nitrogen and oxygen atoms in total. The molecule has 2 unspecified atom stereocenters. The number of rotatable bonds is 0. The van der Waals surface area contributed by atoms with Crippen LogP contribution >= 0.6 is 0 Å². The van der Waals surface area contributed by atoms with Gasteiger partial charge in [0.1, 0.15) is 0 Å². The van der Waals surface area contributed by atoms with E-state index >= 15 is 0 Å². The molecule has 0 spiro atoms. The van der Waals surface area contributed by atoms with E-state index in [0.717, 1.165) is 0 Å². The van der Waals surface area contributed by atoms with E-state index in [4.69, 9.17) is 0 Å². The summed E-state index contributed by atoms with van der Waals surface area (Å²) in [4.78, 5) is 6.69. The maximum Gasteiger partial charge on any atom is 0.0960 e. The van der Waals surface area contributed by atoms with Crippen molar-refractivity contribution in [2.45, 2.75) is 39.3 Å². The minimum atomic E-state index is 0.520. The third-order valence-corrected chi connectivity index (χ3v) is 2.26. The fourth-order valence-corrected chi connectivity index (χ4v) is 1.43. The zero-order valence-corrected chi connectivity index (χ0v) is 7.26. The van der Waals surface area contributed by atoms with Crippen LogP contribution in [-0.2, 0) is 0 Å². The molecule has 1 rings (SSSR count). The van der Waals surface area contributed by atoms with Crippen molar-refractivity contribution in [2.75, 3.05) is 7.05 Å². The van der Waals surface area contributed by atoms with Gasteiger partial charge < -0.3 is 4.90 Å². The molecule has 1 aliphatic heterocycles. The molecule has 0 N–H and O–H groups in total. The first-order chi connectivity index (χ1) is 4.61. The third kappa shape index (κ3) is 1.31. The Morgan fingerprint density at radius 2 is 2.10 bits per heavy atom. The molecule has 1 aliphatic rings. The fourth-order valence-electron chi connectivity index (χ4n) is 1.43. The Morgan fingerprint density at radius 1 is 1.50 bits per heavy atom. The van der Waals surface area contributed by atoms with Gasteiger partial charge in [-0.05, 0) is 27.2 Å². The lowest BCUT2D eigenvalue weighted by Crippen LogP contribution is -2.39. The average molecular weight is 140 g/mol. The Balaban J connectivity index is 2.71. The molecule has 0 aromatic rings. The normalized spacial score (nSPS) is 34.0. The van der Waals surface area contributed by atoms with Crippen molar-refractivity contribution in [2.24, 2.45) is 4.99 Å². The van der Waals surface area contributed by atoms with Gasteiger partial charge >= 0.3 is 0 Å². The van der Waals surface area contributed by atoms with Crippen LogP contribution in [-0.4, -0.2) is 29.9 Å². The summed E-state index contributed by atoms with van der Waals surface area (Å²) in [6.07, 6.45) is 1.19. The zero-order valence-electron chi connectivity index (χ0n) is 7.26. The molecule has 0 amide bonds. The molecular formula is C8H16N2. The van der Waals surface area contributed by atoms with Gasteiger partial charge in [0, 0.05) is 13.1 Å². The topological polar surface area (TPSA) is 15.6 Å². The summed E-state index contributed by atoms with van der Waals surface area (Å²) in [6, 6.07) is 1.18. The Morgan fingerprint density at radius 3 is 2.60 bits per heavy atom. The zero-order chi connectivity index (χ0) is 7.72. The Hall–Kier alpha value is -0.530. The van der Waals surface area contributed by atoms with Crippen molar-refractivity contribution in [3.8, 4) is 0 Å². The van der Waals surface area contributed by atoms with Crippen molar-refractivity contribution in [1.29, 1.82) is 0 Å². The number of nitrogens with zero attached hydrogens (tertiary/aromatic N) is 2. The largest absolute Gasteiger partial charge is 0.361 e. The summed E-state index contributed by atoms with van der Waals surface area (Å²) in [7, 11) is 2.11. The molecule has 0 fully saturated rings. The fraction of sp³-hybridized carbons (Fsp3) is 0.875. The van der Waals surface area contributed by atoms with Crippen LogP contribution in [0.15, 0.2) is 4.99 Å². The molecule has 0 bridgehead atoms. The molecular weight excluding hydrogens is 124 g/mol. The Kier molecular flexibility index (Phi) is 1.97. The first-order valence-electron chi connectivity index (χ1n) is 3.88. The van der Waals surface area contributed by atoms with Gasteiger partial charge in [-0.1, -0.05) is 0 Å². The van der Waals surface area contributed by atoms with Crippen molar-refractivity contribution in [1.82, 2.24) is 4.90 Å². The van der Waals surface area contributed by atoms with Gasteiger partial charge in [0.15, 0.2) is 0 Å². The van der Waals surface area contributed by atoms with Gasteiger partial charge in [-0.15, -0.1) is 0 Å². The molecule has 0 aromatic heterocycles. The number of amidine groups is 1. The highest BCUT2D eigenvalue weighted by molar-refractivity contribution is 5.80. The SMILES string of the molecule is CC1=NC(C)CC(C)N1C. The maximum atomic E-state index is 4.46. The molecule has 58 valence electrons. The molecule has 0 radical (unpaired) electrons. The highest BCUT2D eigenvalue weighted by Gasteiger charge is 2.18. The molecule has 10 heavy (non-hydrogen) atoms. The summed E-state index contributed by atoms with van der Waals surface area (Å²) in [5, 5.41) is 0. The van der Waals surface area contributed by atoms with E-state index < -0.39 is 0 Å². The van der Waals surface area contributed by atoms with E-state index in [2.05, 4.69) is 37.7 Å². The Labute approximate surface area is 62.9 Å². The number of aliphatic imine (C=N–C) groups is 1. The van der Waals surface area contributed by atoms with Crippen LogP contribution in [0.2, 0.25) is 0 Å². The van der Waals surface area contributed by atoms with Gasteiger partial charge in [-0.2, -0.15) is 0 Å². The van der Waals surface area contributed by atoms with E-state index in [1.807, 2.05) is 0 Å². The molecule has 2 heteroatoms. The van der Waals surface area contributed by atoms with Crippen molar-refractivity contribution >= 4 is 5.84 Å². The minimum absolute atomic E-state index is 0.520. The van der Waals surface area contributed by atoms with E-state index in [1.54, 1.807) is 0 Å². The summed E-state index contributed by atoms with van der Waals surface area (Å²) in [6.45, 7) is 6.49. The number of hydrogen-bond acceptors (Lipinski definition) is 2. The highest BCUT2D eigenvalue weighted by Crippen LogP contribution is 2.14. The highest BCUT2D eigenvalue weighted by atomic mass is 15.2. The van der Waals surface area contributed by atoms with Crippen LogP contribution in [0.5, 0.6) is 0 Å². The summed E-state index contributed by atoms with van der Waals surface area (Å²) in [5.74, 6) is 1.17. The summed E-state index contributed by atoms with van der Waals surface area (Å²) >= 11 is 0. The number of hydrogen-bond donors (Lipinski definition) is 0. The third-order valence-electron chi connectivity index (χ3n) is 2.26. The van der Waals surface area contributed by atoms with Crippen LogP contribution in [0.3, 0.4) is 0 Å². The molecule has 2 atom stereocenters. The van der Waals surface area contributed by atoms with Gasteiger partial charge in [-0.3, -0.25) is 4.99 Å². The standard InChI is InChI=1S/C8H16N2/c1-6-5-7(2)10(4)8(3)9-6/h6-7H,5H2,1-4H3. The van der Waals surface area contributed by atoms with E-state index in [-0.39, 0.29) is 0 Å². The van der Waals surface area contributed by atoms with Crippen LogP contribution in [0.25, 0.3) is 0 Å². The quantitative estimate of drug-likeness (QED) is 0.498. The van der Waals surface area contributed by atoms with E-state index in [0.29, 0.717) is 12.1 Å². The van der Waals surface area contributed by atoms with Gasteiger partial charge in [-0.25, -0.2) is 0 Å². The summed E-state index contributed by atoms with van der Waals surface area (Å²) < 4.78 is 0. The molecule has 0 aliphatic carbocycles. The smallest absolute Gasteiger partial charge is 0.0960 e. The van der Waals surface area contributed by atoms with Crippen molar-refractivity contribution in [3.05, 3.63) is 0 Å². The second kappa shape index (κ2) is 2.60. The molecule has 0 aromatic carbocycles. The van der Waals surface area contributed by atoms with E-state index in [1.165, 1.54) is 12.3 Å². The van der Waals surface area contributed by atoms with Crippen molar-refractivity contribution in [3.63, 3.8) is 0 Å². The monoisotopic (exact) mass is 140 g/mol. The molecule has 1 heterocycles. The molecule has 0 saturated carbocycles. The predicted octanol–water partition coefficient (Wildman–Crippen LogP) is 1.52. The predicted molar refractivity (Wildman–Crippen MR) is 44.4 cm³/mol. The maximum absolute atomic E-state index is 4.46. The van der Waals surface area contributed by atoms with Crippen LogP contribution in [0.4, 0.5) is 0 Å². The molecule has 0 saturated heterocycles. The van der Waals surface area contributed by atoms with Gasteiger partial charge in [0.25, 0.3) is 0 Å². The first kappa shape index (κ1) is 7.58. The lowest BCUT2D eigenvalue weighted by Gasteiger charge is -2.32. The van der Waals surface area contributed by atoms with Gasteiger partial charge in [0.05, 0.1) is 11.9 Å². The van der Waals surface area contributed by atoms with Gasteiger partial charge in [0.2, 0.25) is 0 Å². The lowest BCUT2D eigenvalue weighted by molar-refractivity contribution is 0.325. The minimum Gasteiger partial charge on any atom is -0.361 e. The first-order valence-corrected chi connectivity index (χ1v) is 3.88. The van der Waals surface area contributed by atoms with E-state index in [9.17, 15) is 0 Å².